The average Bonchev–Trinajstić information content (AvgIpc) is 2.18. The molecule has 1 atom stereocenters. The molecule has 17 heavy (non-hydrogen) atoms. The highest BCUT2D eigenvalue weighted by atomic mass is 35.5. The summed E-state index contributed by atoms with van der Waals surface area (Å²) in [7, 11) is 5.63. The zero-order chi connectivity index (χ0) is 13.2. The van der Waals surface area contributed by atoms with Gasteiger partial charge in [-0.2, -0.15) is 0 Å². The third-order valence-corrected chi connectivity index (χ3v) is 3.05. The van der Waals surface area contributed by atoms with Crippen molar-refractivity contribution in [3.05, 3.63) is 28.8 Å². The first-order chi connectivity index (χ1) is 7.77. The van der Waals surface area contributed by atoms with Gasteiger partial charge in [-0.1, -0.05) is 17.7 Å². The van der Waals surface area contributed by atoms with E-state index >= 15 is 0 Å². The summed E-state index contributed by atoms with van der Waals surface area (Å²) in [6.07, 6.45) is 0. The first-order valence-electron chi connectivity index (χ1n) is 5.56. The van der Waals surface area contributed by atoms with E-state index in [2.05, 4.69) is 4.90 Å². The summed E-state index contributed by atoms with van der Waals surface area (Å²) in [6.45, 7) is 4.00. The Balaban J connectivity index is 3.20. The summed E-state index contributed by atoms with van der Waals surface area (Å²) < 4.78 is 5.15. The van der Waals surface area contributed by atoms with E-state index in [4.69, 9.17) is 22.1 Å². The van der Waals surface area contributed by atoms with Crippen LogP contribution in [-0.4, -0.2) is 31.6 Å². The summed E-state index contributed by atoms with van der Waals surface area (Å²) in [6, 6.07) is 5.75. The van der Waals surface area contributed by atoms with Gasteiger partial charge < -0.3 is 15.4 Å². The van der Waals surface area contributed by atoms with Crippen LogP contribution in [0.2, 0.25) is 5.02 Å². The minimum atomic E-state index is -0.373. The molecule has 2 N–H and O–H groups in total. The van der Waals surface area contributed by atoms with Crippen LogP contribution in [0.5, 0.6) is 5.75 Å². The van der Waals surface area contributed by atoms with E-state index in [9.17, 15) is 0 Å². The molecule has 1 aromatic rings. The smallest absolute Gasteiger partial charge is 0.120 e. The van der Waals surface area contributed by atoms with E-state index in [-0.39, 0.29) is 11.6 Å². The van der Waals surface area contributed by atoms with Crippen LogP contribution in [0.1, 0.15) is 25.5 Å². The van der Waals surface area contributed by atoms with Gasteiger partial charge in [0, 0.05) is 10.6 Å². The highest BCUT2D eigenvalue weighted by Crippen LogP contribution is 2.34. The van der Waals surface area contributed by atoms with Gasteiger partial charge in [-0.25, -0.2) is 0 Å². The van der Waals surface area contributed by atoms with E-state index in [0.717, 1.165) is 11.3 Å². The van der Waals surface area contributed by atoms with Gasteiger partial charge in [0.2, 0.25) is 0 Å². The van der Waals surface area contributed by atoms with Crippen molar-refractivity contribution in [2.75, 3.05) is 21.2 Å². The molecule has 0 aliphatic rings. The van der Waals surface area contributed by atoms with E-state index < -0.39 is 0 Å². The van der Waals surface area contributed by atoms with E-state index in [1.165, 1.54) is 0 Å². The zero-order valence-electron chi connectivity index (χ0n) is 11.1. The van der Waals surface area contributed by atoms with Crippen LogP contribution in [0.15, 0.2) is 18.2 Å². The normalized spacial score (nSPS) is 13.9. The Bertz CT molecular complexity index is 385. The van der Waals surface area contributed by atoms with Gasteiger partial charge in [0.15, 0.2) is 0 Å². The SMILES string of the molecule is COc1ccc(C(N(C)C)C(C)(C)N)c(Cl)c1. The number of ether oxygens (including phenoxy) is 1. The second-order valence-electron chi connectivity index (χ2n) is 5.07. The fourth-order valence-electron chi connectivity index (χ4n) is 2.20. The summed E-state index contributed by atoms with van der Waals surface area (Å²) in [5.74, 6) is 0.756. The summed E-state index contributed by atoms with van der Waals surface area (Å²) in [4.78, 5) is 2.08. The quantitative estimate of drug-likeness (QED) is 0.900. The number of hydrogen-bond acceptors (Lipinski definition) is 3. The summed E-state index contributed by atoms with van der Waals surface area (Å²) in [5.41, 5.74) is 6.87. The van der Waals surface area contributed by atoms with Gasteiger partial charge >= 0.3 is 0 Å². The molecular formula is C13H21ClN2O. The second-order valence-corrected chi connectivity index (χ2v) is 5.48. The number of nitrogens with zero attached hydrogens (tertiary/aromatic N) is 1. The molecule has 0 aliphatic carbocycles. The number of likely N-dealkylation sites (N-methyl/N-ethyl adjacent to an activating group) is 1. The number of nitrogens with two attached hydrogens (primary N) is 1. The van der Waals surface area contributed by atoms with Gasteiger partial charge in [0.25, 0.3) is 0 Å². The lowest BCUT2D eigenvalue weighted by molar-refractivity contribution is 0.205. The van der Waals surface area contributed by atoms with E-state index in [1.807, 2.05) is 46.1 Å². The molecule has 96 valence electrons. The molecule has 0 saturated heterocycles. The third-order valence-electron chi connectivity index (χ3n) is 2.72. The third kappa shape index (κ3) is 3.35. The first-order valence-corrected chi connectivity index (χ1v) is 5.94. The summed E-state index contributed by atoms with van der Waals surface area (Å²) >= 11 is 6.29. The monoisotopic (exact) mass is 256 g/mol. The van der Waals surface area contributed by atoms with Crippen LogP contribution in [0.3, 0.4) is 0 Å². The molecule has 0 bridgehead atoms. The van der Waals surface area contributed by atoms with Crippen LogP contribution < -0.4 is 10.5 Å². The van der Waals surface area contributed by atoms with Gasteiger partial charge in [0.05, 0.1) is 13.2 Å². The molecule has 0 radical (unpaired) electrons. The lowest BCUT2D eigenvalue weighted by Gasteiger charge is -2.36. The van der Waals surface area contributed by atoms with Gasteiger partial charge in [-0.15, -0.1) is 0 Å². The van der Waals surface area contributed by atoms with Crippen LogP contribution in [0.4, 0.5) is 0 Å². The Labute approximate surface area is 109 Å². The van der Waals surface area contributed by atoms with Crippen LogP contribution in [0.25, 0.3) is 0 Å². The molecular weight excluding hydrogens is 236 g/mol. The maximum atomic E-state index is 6.29. The van der Waals surface area contributed by atoms with Crippen LogP contribution in [0, 0.1) is 0 Å². The zero-order valence-corrected chi connectivity index (χ0v) is 11.9. The Kier molecular flexibility index (Phi) is 4.42. The van der Waals surface area contributed by atoms with Crippen molar-refractivity contribution < 1.29 is 4.74 Å². The predicted molar refractivity (Wildman–Crippen MR) is 72.7 cm³/mol. The lowest BCUT2D eigenvalue weighted by atomic mass is 9.88. The highest BCUT2D eigenvalue weighted by Gasteiger charge is 2.30. The number of halogens is 1. The van der Waals surface area contributed by atoms with Gasteiger partial charge in [0.1, 0.15) is 5.75 Å². The Morgan fingerprint density at radius 2 is 1.94 bits per heavy atom. The molecule has 0 heterocycles. The molecule has 0 spiro atoms. The van der Waals surface area contributed by atoms with E-state index in [0.29, 0.717) is 5.02 Å². The molecule has 0 aromatic heterocycles. The van der Waals surface area contributed by atoms with Crippen molar-refractivity contribution in [2.24, 2.45) is 5.73 Å². The molecule has 1 unspecified atom stereocenters. The minimum Gasteiger partial charge on any atom is -0.497 e. The Morgan fingerprint density at radius 3 is 2.29 bits per heavy atom. The Hall–Kier alpha value is -0.770. The predicted octanol–water partition coefficient (Wildman–Crippen LogP) is 2.69. The minimum absolute atomic E-state index is 0.0564. The Morgan fingerprint density at radius 1 is 1.35 bits per heavy atom. The van der Waals surface area contributed by atoms with Gasteiger partial charge in [-0.05, 0) is 45.6 Å². The average molecular weight is 257 g/mol. The van der Waals surface area contributed by atoms with Crippen molar-refractivity contribution >= 4 is 11.6 Å². The number of benzene rings is 1. The van der Waals surface area contributed by atoms with Crippen molar-refractivity contribution in [1.82, 2.24) is 4.90 Å². The molecule has 1 aromatic carbocycles. The molecule has 0 amide bonds. The highest BCUT2D eigenvalue weighted by molar-refractivity contribution is 6.31. The lowest BCUT2D eigenvalue weighted by Crippen LogP contribution is -2.46. The summed E-state index contributed by atoms with van der Waals surface area (Å²) in [5, 5.41) is 0.682. The first kappa shape index (κ1) is 14.3. The van der Waals surface area contributed by atoms with E-state index in [1.54, 1.807) is 7.11 Å². The fourth-order valence-corrected chi connectivity index (χ4v) is 2.47. The number of rotatable bonds is 4. The standard InChI is InChI=1S/C13H21ClN2O/c1-13(2,15)12(16(3)4)10-7-6-9(17-5)8-11(10)14/h6-8,12H,15H2,1-5H3. The molecule has 0 fully saturated rings. The van der Waals surface area contributed by atoms with Crippen molar-refractivity contribution in [2.45, 2.75) is 25.4 Å². The van der Waals surface area contributed by atoms with Gasteiger partial charge in [-0.3, -0.25) is 0 Å². The molecule has 1 rings (SSSR count). The maximum Gasteiger partial charge on any atom is 0.120 e. The molecule has 3 nitrogen and oxygen atoms in total. The molecule has 0 saturated carbocycles. The fraction of sp³-hybridized carbons (Fsp3) is 0.538. The van der Waals surface area contributed by atoms with Crippen molar-refractivity contribution in [3.63, 3.8) is 0 Å². The van der Waals surface area contributed by atoms with Crippen LogP contribution in [-0.2, 0) is 0 Å². The van der Waals surface area contributed by atoms with Crippen molar-refractivity contribution in [3.8, 4) is 5.75 Å². The van der Waals surface area contributed by atoms with Crippen LogP contribution >= 0.6 is 11.6 Å². The number of hydrogen-bond donors (Lipinski definition) is 1. The van der Waals surface area contributed by atoms with Crippen molar-refractivity contribution in [1.29, 1.82) is 0 Å². The molecule has 0 aliphatic heterocycles. The topological polar surface area (TPSA) is 38.5 Å². The maximum absolute atomic E-state index is 6.29. The molecule has 4 heteroatoms. The second kappa shape index (κ2) is 5.25. The largest absolute Gasteiger partial charge is 0.497 e. The number of methoxy groups -OCH3 is 1.